The second-order valence-corrected chi connectivity index (χ2v) is 8.43. The molecule has 0 aliphatic rings. The highest BCUT2D eigenvalue weighted by atomic mass is 16.6. The van der Waals surface area contributed by atoms with Gasteiger partial charge < -0.3 is 19.9 Å². The molecule has 0 fully saturated rings. The van der Waals surface area contributed by atoms with Crippen molar-refractivity contribution in [3.05, 3.63) is 0 Å². The minimum absolute atomic E-state index is 0.164. The molecule has 7 heteroatoms. The smallest absolute Gasteiger partial charge is 0.303 e. The van der Waals surface area contributed by atoms with Gasteiger partial charge in [0.15, 0.2) is 6.10 Å². The van der Waals surface area contributed by atoms with E-state index in [9.17, 15) is 19.5 Å². The maximum absolute atomic E-state index is 11.5. The summed E-state index contributed by atoms with van der Waals surface area (Å²) in [4.78, 5) is 34.2. The summed E-state index contributed by atoms with van der Waals surface area (Å²) in [6.45, 7) is 5.90. The minimum atomic E-state index is -0.964. The van der Waals surface area contributed by atoms with Gasteiger partial charge in [-0.25, -0.2) is 0 Å². The van der Waals surface area contributed by atoms with Gasteiger partial charge in [0.2, 0.25) is 5.91 Å². The molecule has 3 atom stereocenters. The lowest BCUT2D eigenvalue weighted by Crippen LogP contribution is -2.52. The second-order valence-electron chi connectivity index (χ2n) is 8.43. The van der Waals surface area contributed by atoms with Crippen molar-refractivity contribution in [3.8, 4) is 0 Å². The lowest BCUT2D eigenvalue weighted by Gasteiger charge is -2.30. The van der Waals surface area contributed by atoms with Crippen LogP contribution in [-0.2, 0) is 23.9 Å². The van der Waals surface area contributed by atoms with Crippen LogP contribution in [0.25, 0.3) is 0 Å². The van der Waals surface area contributed by atoms with Gasteiger partial charge in [-0.2, -0.15) is 0 Å². The Labute approximate surface area is 188 Å². The largest absolute Gasteiger partial charge is 0.464 e. The second kappa shape index (κ2) is 19.1. The lowest BCUT2D eigenvalue weighted by molar-refractivity contribution is -0.159. The normalized spacial score (nSPS) is 13.8. The summed E-state index contributed by atoms with van der Waals surface area (Å²) in [6.07, 6.45) is 13.2. The minimum Gasteiger partial charge on any atom is -0.464 e. The predicted octanol–water partition coefficient (Wildman–Crippen LogP) is 4.44. The number of amides is 1. The van der Waals surface area contributed by atoms with Crippen LogP contribution >= 0.6 is 0 Å². The summed E-state index contributed by atoms with van der Waals surface area (Å²) in [5.74, 6) is -1.42. The van der Waals surface area contributed by atoms with Crippen LogP contribution in [0.5, 0.6) is 0 Å². The highest BCUT2D eigenvalue weighted by Gasteiger charge is 2.32. The zero-order valence-corrected chi connectivity index (χ0v) is 20.1. The Morgan fingerprint density at radius 3 is 1.68 bits per heavy atom. The van der Waals surface area contributed by atoms with E-state index in [1.54, 1.807) is 0 Å². The van der Waals surface area contributed by atoms with Crippen LogP contribution in [0.4, 0.5) is 0 Å². The Bertz CT molecular complexity index is 496. The van der Waals surface area contributed by atoms with Crippen LogP contribution in [0.1, 0.15) is 111 Å². The number of rotatable bonds is 19. The summed E-state index contributed by atoms with van der Waals surface area (Å²) in [6, 6.07) is -0.794. The summed E-state index contributed by atoms with van der Waals surface area (Å²) >= 11 is 0. The van der Waals surface area contributed by atoms with Crippen LogP contribution in [0.3, 0.4) is 0 Å². The van der Waals surface area contributed by atoms with Gasteiger partial charge in [0.25, 0.3) is 0 Å². The standard InChI is InChI=1S/C24H45NO6/c1-5-6-7-8-9-10-11-12-13-14-15-16-17-23(29)24(31-21(4)28)22(25-19(2)26)18-30-20(3)27/h22-24,29H,5-18H2,1-4H3,(H,25,26)/t22-,23-,24+/m1/s1. The molecule has 0 aliphatic heterocycles. The third-order valence-electron chi connectivity index (χ3n) is 5.29. The first-order chi connectivity index (χ1) is 14.8. The molecule has 1 amide bonds. The molecule has 31 heavy (non-hydrogen) atoms. The van der Waals surface area contributed by atoms with Crippen molar-refractivity contribution in [2.45, 2.75) is 129 Å². The molecular formula is C24H45NO6. The Morgan fingerprint density at radius 1 is 0.774 bits per heavy atom. The maximum atomic E-state index is 11.5. The van der Waals surface area contributed by atoms with E-state index >= 15 is 0 Å². The van der Waals surface area contributed by atoms with Gasteiger partial charge in [0.05, 0.1) is 6.10 Å². The Hall–Kier alpha value is -1.63. The van der Waals surface area contributed by atoms with Gasteiger partial charge >= 0.3 is 11.9 Å². The quantitative estimate of drug-likeness (QED) is 0.226. The molecule has 0 radical (unpaired) electrons. The number of aliphatic hydroxyl groups excluding tert-OH is 1. The van der Waals surface area contributed by atoms with Gasteiger partial charge in [0, 0.05) is 20.8 Å². The predicted molar refractivity (Wildman–Crippen MR) is 121 cm³/mol. The molecule has 0 aliphatic carbocycles. The van der Waals surface area contributed by atoms with E-state index < -0.39 is 30.2 Å². The number of esters is 2. The van der Waals surface area contributed by atoms with Crippen molar-refractivity contribution in [1.29, 1.82) is 0 Å². The number of carbonyl (C=O) groups excluding carboxylic acids is 3. The van der Waals surface area contributed by atoms with Crippen LogP contribution in [0.2, 0.25) is 0 Å². The number of nitrogens with one attached hydrogen (secondary N) is 1. The number of hydrogen-bond acceptors (Lipinski definition) is 6. The summed E-state index contributed by atoms with van der Waals surface area (Å²) in [7, 11) is 0. The average Bonchev–Trinajstić information content (AvgIpc) is 2.69. The topological polar surface area (TPSA) is 102 Å². The SMILES string of the molecule is CCCCCCCCCCCCCC[C@@H](O)[C@@H](OC(C)=O)[C@@H](COC(C)=O)NC(C)=O. The zero-order chi connectivity index (χ0) is 23.5. The molecule has 7 nitrogen and oxygen atoms in total. The number of ether oxygens (including phenoxy) is 2. The molecule has 0 aromatic carbocycles. The maximum Gasteiger partial charge on any atom is 0.303 e. The third-order valence-corrected chi connectivity index (χ3v) is 5.29. The highest BCUT2D eigenvalue weighted by molar-refractivity contribution is 5.73. The first-order valence-corrected chi connectivity index (χ1v) is 12.0. The molecule has 0 aromatic heterocycles. The molecular weight excluding hydrogens is 398 g/mol. The lowest BCUT2D eigenvalue weighted by atomic mass is 9.99. The third kappa shape index (κ3) is 17.7. The van der Waals surface area contributed by atoms with Crippen molar-refractivity contribution in [1.82, 2.24) is 5.32 Å². The Kier molecular flexibility index (Phi) is 18.1. The van der Waals surface area contributed by atoms with Gasteiger partial charge in [-0.1, -0.05) is 84.0 Å². The fourth-order valence-electron chi connectivity index (χ4n) is 3.67. The van der Waals surface area contributed by atoms with Crippen molar-refractivity contribution in [2.75, 3.05) is 6.61 Å². The Morgan fingerprint density at radius 2 is 1.26 bits per heavy atom. The van der Waals surface area contributed by atoms with E-state index in [4.69, 9.17) is 9.47 Å². The summed E-state index contributed by atoms with van der Waals surface area (Å²) in [5, 5.41) is 13.2. The molecule has 0 rings (SSSR count). The number of unbranched alkanes of at least 4 members (excludes halogenated alkanes) is 11. The van der Waals surface area contributed by atoms with Crippen molar-refractivity contribution in [2.24, 2.45) is 0 Å². The monoisotopic (exact) mass is 443 g/mol. The average molecular weight is 444 g/mol. The molecule has 0 unspecified atom stereocenters. The molecule has 0 saturated heterocycles. The van der Waals surface area contributed by atoms with Gasteiger partial charge in [0.1, 0.15) is 12.6 Å². The molecule has 182 valence electrons. The first-order valence-electron chi connectivity index (χ1n) is 12.0. The van der Waals surface area contributed by atoms with Gasteiger partial charge in [-0.3, -0.25) is 14.4 Å². The van der Waals surface area contributed by atoms with Crippen molar-refractivity contribution < 1.29 is 29.0 Å². The van der Waals surface area contributed by atoms with Gasteiger partial charge in [-0.05, 0) is 6.42 Å². The van der Waals surface area contributed by atoms with Crippen LogP contribution in [0.15, 0.2) is 0 Å². The van der Waals surface area contributed by atoms with E-state index in [2.05, 4.69) is 12.2 Å². The molecule has 0 saturated carbocycles. The highest BCUT2D eigenvalue weighted by Crippen LogP contribution is 2.16. The Balaban J connectivity index is 4.24. The van der Waals surface area contributed by atoms with Crippen LogP contribution < -0.4 is 5.32 Å². The van der Waals surface area contributed by atoms with Crippen LogP contribution in [0, 0.1) is 0 Å². The summed E-state index contributed by atoms with van der Waals surface area (Å²) < 4.78 is 10.2. The first kappa shape index (κ1) is 29.4. The van der Waals surface area contributed by atoms with E-state index in [1.165, 1.54) is 78.6 Å². The fraction of sp³-hybridized carbons (Fsp3) is 0.875. The number of hydrogen-bond donors (Lipinski definition) is 2. The van der Waals surface area contributed by atoms with Crippen LogP contribution in [-0.4, -0.2) is 47.8 Å². The summed E-state index contributed by atoms with van der Waals surface area (Å²) in [5.41, 5.74) is 0. The molecule has 0 aromatic rings. The van der Waals surface area contributed by atoms with Crippen molar-refractivity contribution in [3.63, 3.8) is 0 Å². The zero-order valence-electron chi connectivity index (χ0n) is 20.1. The molecule has 0 bridgehead atoms. The van der Waals surface area contributed by atoms with E-state index in [0.29, 0.717) is 6.42 Å². The number of carbonyl (C=O) groups is 3. The molecule has 2 N–H and O–H groups in total. The number of aliphatic hydroxyl groups is 1. The van der Waals surface area contributed by atoms with E-state index in [0.717, 1.165) is 19.3 Å². The van der Waals surface area contributed by atoms with E-state index in [1.807, 2.05) is 0 Å². The van der Waals surface area contributed by atoms with Crippen molar-refractivity contribution >= 4 is 17.8 Å². The molecule has 0 spiro atoms. The van der Waals surface area contributed by atoms with Gasteiger partial charge in [-0.15, -0.1) is 0 Å². The molecule has 0 heterocycles. The van der Waals surface area contributed by atoms with E-state index in [-0.39, 0.29) is 12.5 Å². The fourth-order valence-corrected chi connectivity index (χ4v) is 3.67.